The van der Waals surface area contributed by atoms with Crippen LogP contribution < -0.4 is 10.1 Å². The van der Waals surface area contributed by atoms with E-state index in [9.17, 15) is 19.7 Å². The number of carbonyl (C=O) groups excluding carboxylic acids is 2. The summed E-state index contributed by atoms with van der Waals surface area (Å²) in [6.07, 6.45) is 1.41. The van der Waals surface area contributed by atoms with Crippen LogP contribution in [0.5, 0.6) is 5.75 Å². The normalized spacial score (nSPS) is 24.0. The van der Waals surface area contributed by atoms with Crippen LogP contribution in [0.3, 0.4) is 0 Å². The van der Waals surface area contributed by atoms with Gasteiger partial charge in [0, 0.05) is 35.8 Å². The largest absolute Gasteiger partial charge is 0.497 e. The molecule has 1 amide bonds. The zero-order chi connectivity index (χ0) is 23.3. The average molecular weight is 447 g/mol. The number of hydrogen-bond acceptors (Lipinski definition) is 7. The summed E-state index contributed by atoms with van der Waals surface area (Å²) in [6, 6.07) is 14.7. The summed E-state index contributed by atoms with van der Waals surface area (Å²) in [5, 5.41) is 14.3. The molecule has 0 radical (unpaired) electrons. The highest BCUT2D eigenvalue weighted by Crippen LogP contribution is 2.56. The quantitative estimate of drug-likeness (QED) is 0.361. The fourth-order valence-corrected chi connectivity index (χ4v) is 5.29. The molecule has 5 rings (SSSR count). The second-order valence-electron chi connectivity index (χ2n) is 8.29. The zero-order valence-corrected chi connectivity index (χ0v) is 18.0. The van der Waals surface area contributed by atoms with Gasteiger partial charge in [-0.25, -0.2) is 0 Å². The van der Waals surface area contributed by atoms with Gasteiger partial charge in [-0.15, -0.1) is 0 Å². The number of nitro benzene ring substituents is 1. The van der Waals surface area contributed by atoms with Crippen LogP contribution in [-0.2, 0) is 10.3 Å². The molecule has 0 aliphatic carbocycles. The fourth-order valence-electron chi connectivity index (χ4n) is 5.29. The third-order valence-electron chi connectivity index (χ3n) is 6.71. The lowest BCUT2D eigenvalue weighted by molar-refractivity contribution is -0.384. The summed E-state index contributed by atoms with van der Waals surface area (Å²) in [4.78, 5) is 40.3. The molecule has 3 atom stereocenters. The number of fused-ring (bicyclic) bond motifs is 2. The number of furan rings is 1. The van der Waals surface area contributed by atoms with Crippen molar-refractivity contribution in [3.05, 3.63) is 87.9 Å². The van der Waals surface area contributed by atoms with Gasteiger partial charge in [-0.3, -0.25) is 24.6 Å². The van der Waals surface area contributed by atoms with Crippen LogP contribution in [0.25, 0.3) is 0 Å². The number of hydrogen-bond donors (Lipinski definition) is 1. The minimum absolute atomic E-state index is 0.0711. The van der Waals surface area contributed by atoms with E-state index in [0.717, 1.165) is 0 Å². The third-order valence-corrected chi connectivity index (χ3v) is 6.71. The lowest BCUT2D eigenvalue weighted by Gasteiger charge is -2.35. The molecule has 0 unspecified atom stereocenters. The lowest BCUT2D eigenvalue weighted by atomic mass is 9.71. The number of likely N-dealkylation sites (N-methyl/N-ethyl adjacent to an activating group) is 1. The zero-order valence-electron chi connectivity index (χ0n) is 18.0. The number of ketones is 1. The maximum Gasteiger partial charge on any atom is 0.269 e. The summed E-state index contributed by atoms with van der Waals surface area (Å²) in [7, 11) is 3.32. The monoisotopic (exact) mass is 447 g/mol. The molecule has 168 valence electrons. The van der Waals surface area contributed by atoms with Gasteiger partial charge in [0.25, 0.3) is 5.69 Å². The van der Waals surface area contributed by atoms with Gasteiger partial charge in [0.05, 0.1) is 24.2 Å². The molecule has 9 nitrogen and oxygen atoms in total. The number of nitrogens with one attached hydrogen (secondary N) is 1. The molecule has 1 saturated heterocycles. The molecule has 1 fully saturated rings. The summed E-state index contributed by atoms with van der Waals surface area (Å²) in [5.41, 5.74) is 0.445. The Balaban J connectivity index is 1.74. The second kappa shape index (κ2) is 7.56. The van der Waals surface area contributed by atoms with E-state index >= 15 is 0 Å². The number of ether oxygens (including phenoxy) is 1. The summed E-state index contributed by atoms with van der Waals surface area (Å²) >= 11 is 0. The maximum absolute atomic E-state index is 13.9. The van der Waals surface area contributed by atoms with E-state index < -0.39 is 22.3 Å². The molecule has 2 aromatic carbocycles. The number of amides is 1. The molecular weight excluding hydrogens is 426 g/mol. The molecule has 2 aliphatic heterocycles. The van der Waals surface area contributed by atoms with Crippen molar-refractivity contribution in [1.82, 2.24) is 4.90 Å². The van der Waals surface area contributed by atoms with Crippen molar-refractivity contribution >= 4 is 23.1 Å². The van der Waals surface area contributed by atoms with Crippen LogP contribution in [0.15, 0.2) is 65.3 Å². The first-order chi connectivity index (χ1) is 15.9. The molecule has 0 saturated carbocycles. The number of rotatable bonds is 5. The summed E-state index contributed by atoms with van der Waals surface area (Å²) < 4.78 is 10.8. The van der Waals surface area contributed by atoms with Gasteiger partial charge in [-0.2, -0.15) is 0 Å². The number of nitrogens with zero attached hydrogens (tertiary/aromatic N) is 2. The van der Waals surface area contributed by atoms with Crippen molar-refractivity contribution in [2.24, 2.45) is 5.92 Å². The van der Waals surface area contributed by atoms with E-state index in [2.05, 4.69) is 5.32 Å². The smallest absolute Gasteiger partial charge is 0.269 e. The van der Waals surface area contributed by atoms with Crippen molar-refractivity contribution < 1.29 is 23.7 Å². The predicted molar refractivity (Wildman–Crippen MR) is 118 cm³/mol. The maximum atomic E-state index is 13.9. The van der Waals surface area contributed by atoms with Crippen LogP contribution in [0.4, 0.5) is 11.4 Å². The average Bonchev–Trinajstić information content (AvgIpc) is 3.52. The molecule has 1 spiro atoms. The van der Waals surface area contributed by atoms with E-state index in [1.807, 2.05) is 4.90 Å². The van der Waals surface area contributed by atoms with E-state index in [0.29, 0.717) is 29.1 Å². The molecule has 0 bridgehead atoms. The number of likely N-dealkylation sites (tertiary alicyclic amines) is 1. The Morgan fingerprint density at radius 3 is 2.76 bits per heavy atom. The molecule has 1 aromatic heterocycles. The lowest BCUT2D eigenvalue weighted by Crippen LogP contribution is -2.51. The van der Waals surface area contributed by atoms with Crippen molar-refractivity contribution in [3.63, 3.8) is 0 Å². The highest BCUT2D eigenvalue weighted by molar-refractivity contribution is 6.11. The van der Waals surface area contributed by atoms with Gasteiger partial charge in [0.15, 0.2) is 5.76 Å². The van der Waals surface area contributed by atoms with Gasteiger partial charge in [-0.05, 0) is 42.9 Å². The molecule has 1 N–H and O–H groups in total. The number of anilines is 1. The number of benzene rings is 2. The Morgan fingerprint density at radius 1 is 1.24 bits per heavy atom. The minimum atomic E-state index is -1.33. The minimum Gasteiger partial charge on any atom is -0.497 e. The Labute approximate surface area is 189 Å². The Morgan fingerprint density at radius 2 is 2.06 bits per heavy atom. The molecule has 3 aromatic rings. The Kier molecular flexibility index (Phi) is 4.79. The van der Waals surface area contributed by atoms with Crippen molar-refractivity contribution in [1.29, 1.82) is 0 Å². The first kappa shape index (κ1) is 20.9. The number of Topliss-reactive ketones (excluding diaryl/α,β-unsaturated/α-hetero) is 1. The number of methoxy groups -OCH3 is 1. The fraction of sp³-hybridized carbons (Fsp3) is 0.250. The van der Waals surface area contributed by atoms with Crippen LogP contribution in [0, 0.1) is 16.0 Å². The van der Waals surface area contributed by atoms with Crippen LogP contribution in [0.1, 0.15) is 27.6 Å². The van der Waals surface area contributed by atoms with E-state index in [1.54, 1.807) is 49.5 Å². The highest BCUT2D eigenvalue weighted by Gasteiger charge is 2.64. The van der Waals surface area contributed by atoms with E-state index in [1.165, 1.54) is 25.5 Å². The topological polar surface area (TPSA) is 115 Å². The number of carbonyl (C=O) groups is 2. The first-order valence-electron chi connectivity index (χ1n) is 10.4. The van der Waals surface area contributed by atoms with Gasteiger partial charge < -0.3 is 14.5 Å². The molecule has 2 aliphatic rings. The van der Waals surface area contributed by atoms with E-state index in [4.69, 9.17) is 9.15 Å². The molecule has 3 heterocycles. The molecule has 33 heavy (non-hydrogen) atoms. The third kappa shape index (κ3) is 2.96. The first-order valence-corrected chi connectivity index (χ1v) is 10.4. The van der Waals surface area contributed by atoms with Crippen molar-refractivity contribution in [2.75, 3.05) is 26.0 Å². The summed E-state index contributed by atoms with van der Waals surface area (Å²) in [6.45, 7) is 0.336. The second-order valence-corrected chi connectivity index (χ2v) is 8.29. The number of non-ortho nitro benzene ring substituents is 1. The van der Waals surface area contributed by atoms with Gasteiger partial charge in [-0.1, -0.05) is 12.1 Å². The standard InChI is InChI=1S/C24H21N3O6/c1-26-13-17(14-5-3-6-15(11-14)27(30)31)21(22(28)20-7-4-10-33-20)24(26)18-12-16(32-2)8-9-19(18)25-23(24)29/h3-12,17,21H,13H2,1-2H3,(H,25,29)/t17-,21-,24+/m0/s1. The summed E-state index contributed by atoms with van der Waals surface area (Å²) in [5.74, 6) is -1.35. The van der Waals surface area contributed by atoms with Gasteiger partial charge in [0.2, 0.25) is 11.7 Å². The van der Waals surface area contributed by atoms with Crippen molar-refractivity contribution in [3.8, 4) is 5.75 Å². The number of nitro groups is 1. The predicted octanol–water partition coefficient (Wildman–Crippen LogP) is 3.57. The van der Waals surface area contributed by atoms with Gasteiger partial charge >= 0.3 is 0 Å². The Bertz CT molecular complexity index is 1270. The van der Waals surface area contributed by atoms with Crippen LogP contribution in [-0.4, -0.2) is 42.2 Å². The SMILES string of the molecule is COc1ccc2c(c1)[C@]1(C(=O)N2)[C@H](C(=O)c2ccco2)[C@H](c2cccc([N+](=O)[O-])c2)CN1C. The van der Waals surface area contributed by atoms with E-state index in [-0.39, 0.29) is 23.1 Å². The van der Waals surface area contributed by atoms with Crippen LogP contribution in [0.2, 0.25) is 0 Å². The van der Waals surface area contributed by atoms with Gasteiger partial charge in [0.1, 0.15) is 11.3 Å². The van der Waals surface area contributed by atoms with Crippen LogP contribution >= 0.6 is 0 Å². The molecular formula is C24H21N3O6. The Hall–Kier alpha value is -3.98. The highest BCUT2D eigenvalue weighted by atomic mass is 16.6. The van der Waals surface area contributed by atoms with Crippen molar-refractivity contribution in [2.45, 2.75) is 11.5 Å². The molecule has 9 heteroatoms.